The second-order valence-electron chi connectivity index (χ2n) is 4.79. The van der Waals surface area contributed by atoms with Gasteiger partial charge in [-0.25, -0.2) is 4.79 Å². The van der Waals surface area contributed by atoms with Gasteiger partial charge in [0.15, 0.2) is 0 Å². The van der Waals surface area contributed by atoms with Crippen LogP contribution >= 0.6 is 0 Å². The zero-order chi connectivity index (χ0) is 17.7. The summed E-state index contributed by atoms with van der Waals surface area (Å²) in [6.45, 7) is 4.14. The number of rotatable bonds is 7. The zero-order valence-corrected chi connectivity index (χ0v) is 14.4. The Hall–Kier alpha value is -2.55. The molecule has 0 saturated carbocycles. The van der Waals surface area contributed by atoms with Crippen LogP contribution in [0.1, 0.15) is 29.9 Å². The van der Waals surface area contributed by atoms with E-state index in [4.69, 9.17) is 4.74 Å². The van der Waals surface area contributed by atoms with E-state index in [1.165, 1.54) is 7.11 Å². The summed E-state index contributed by atoms with van der Waals surface area (Å²) in [7, 11) is -2.86. The largest absolute Gasteiger partial charge is 0.494 e. The van der Waals surface area contributed by atoms with Gasteiger partial charge in [-0.1, -0.05) is 6.92 Å². The molecule has 0 aliphatic heterocycles. The molecule has 24 heavy (non-hydrogen) atoms. The third-order valence-electron chi connectivity index (χ3n) is 3.22. The third kappa shape index (κ3) is 3.67. The number of sulfonamides is 1. The second-order valence-corrected chi connectivity index (χ2v) is 6.39. The van der Waals surface area contributed by atoms with E-state index < -0.39 is 16.0 Å². The Balaban J connectivity index is 2.34. The fraction of sp³-hybridized carbons (Fsp3) is 0.333. The number of nitrogens with zero attached hydrogens (tertiary/aromatic N) is 1. The van der Waals surface area contributed by atoms with Crippen molar-refractivity contribution in [2.45, 2.75) is 25.3 Å². The molecule has 0 radical (unpaired) electrons. The highest BCUT2D eigenvalue weighted by molar-refractivity contribution is 7.92. The Morgan fingerprint density at radius 2 is 1.92 bits per heavy atom. The van der Waals surface area contributed by atoms with Gasteiger partial charge in [-0.05, 0) is 37.6 Å². The van der Waals surface area contributed by atoms with E-state index in [0.717, 1.165) is 0 Å². The lowest BCUT2D eigenvalue weighted by molar-refractivity contribution is 0.0595. The van der Waals surface area contributed by atoms with E-state index in [1.54, 1.807) is 31.2 Å². The molecule has 0 unspecified atom stereocenters. The Labute approximate surface area is 140 Å². The Kier molecular flexibility index (Phi) is 5.45. The molecule has 0 atom stereocenters. The molecule has 0 spiro atoms. The van der Waals surface area contributed by atoms with Crippen molar-refractivity contribution in [1.29, 1.82) is 0 Å². The highest BCUT2D eigenvalue weighted by atomic mass is 32.2. The number of ether oxygens (including phenoxy) is 2. The molecule has 0 bridgehead atoms. The molecule has 2 rings (SSSR count). The molecule has 130 valence electrons. The fourth-order valence-electron chi connectivity index (χ4n) is 2.11. The van der Waals surface area contributed by atoms with Crippen molar-refractivity contribution in [3.63, 3.8) is 0 Å². The number of esters is 1. The third-order valence-corrected chi connectivity index (χ3v) is 4.53. The summed E-state index contributed by atoms with van der Waals surface area (Å²) in [5.41, 5.74) is 0.641. The van der Waals surface area contributed by atoms with Gasteiger partial charge in [0, 0.05) is 5.69 Å². The van der Waals surface area contributed by atoms with Gasteiger partial charge in [-0.2, -0.15) is 13.5 Å². The fourth-order valence-corrected chi connectivity index (χ4v) is 3.30. The number of aromatic amines is 1. The minimum atomic E-state index is -4.05. The van der Waals surface area contributed by atoms with E-state index >= 15 is 0 Å². The van der Waals surface area contributed by atoms with Crippen molar-refractivity contribution in [3.8, 4) is 5.75 Å². The molecule has 0 amide bonds. The summed E-state index contributed by atoms with van der Waals surface area (Å²) in [6, 6.07) is 6.41. The molecule has 9 heteroatoms. The van der Waals surface area contributed by atoms with Crippen LogP contribution in [0.25, 0.3) is 0 Å². The van der Waals surface area contributed by atoms with Crippen molar-refractivity contribution in [2.24, 2.45) is 0 Å². The summed E-state index contributed by atoms with van der Waals surface area (Å²) < 4.78 is 37.4. The van der Waals surface area contributed by atoms with E-state index in [-0.39, 0.29) is 10.6 Å². The van der Waals surface area contributed by atoms with Crippen LogP contribution in [-0.4, -0.2) is 38.3 Å². The van der Waals surface area contributed by atoms with Gasteiger partial charge in [0.1, 0.15) is 11.3 Å². The van der Waals surface area contributed by atoms with E-state index in [2.05, 4.69) is 19.7 Å². The van der Waals surface area contributed by atoms with Gasteiger partial charge < -0.3 is 9.47 Å². The predicted molar refractivity (Wildman–Crippen MR) is 87.7 cm³/mol. The first-order chi connectivity index (χ1) is 11.4. The number of aromatic nitrogens is 2. The average Bonchev–Trinajstić information content (AvgIpc) is 3.01. The summed E-state index contributed by atoms with van der Waals surface area (Å²) in [5, 5.41) is 5.95. The second kappa shape index (κ2) is 7.35. The predicted octanol–water partition coefficient (Wildman–Crippen LogP) is 1.96. The normalized spacial score (nSPS) is 11.1. The highest BCUT2D eigenvalue weighted by Gasteiger charge is 2.29. The molecular formula is C15H19N3O5S. The smallest absolute Gasteiger partial charge is 0.342 e. The van der Waals surface area contributed by atoms with Gasteiger partial charge in [-0.15, -0.1) is 0 Å². The lowest BCUT2D eigenvalue weighted by Gasteiger charge is -2.09. The van der Waals surface area contributed by atoms with E-state index in [9.17, 15) is 13.2 Å². The number of carbonyl (C=O) groups is 1. The molecule has 1 heterocycles. The average molecular weight is 353 g/mol. The molecule has 2 N–H and O–H groups in total. The first kappa shape index (κ1) is 17.8. The van der Waals surface area contributed by atoms with E-state index in [1.807, 2.05) is 6.92 Å². The number of methoxy groups -OCH3 is 1. The molecule has 1 aromatic heterocycles. The summed E-state index contributed by atoms with van der Waals surface area (Å²) in [5.74, 6) is -0.128. The van der Waals surface area contributed by atoms with Crippen molar-refractivity contribution in [2.75, 3.05) is 18.4 Å². The number of hydrogen-bond acceptors (Lipinski definition) is 6. The van der Waals surface area contributed by atoms with Crippen molar-refractivity contribution in [1.82, 2.24) is 10.2 Å². The number of aryl methyl sites for hydroxylation is 1. The number of hydrogen-bond donors (Lipinski definition) is 2. The summed E-state index contributed by atoms with van der Waals surface area (Å²) in [6.07, 6.45) is 0.413. The molecule has 0 aliphatic rings. The first-order valence-electron chi connectivity index (χ1n) is 7.34. The van der Waals surface area contributed by atoms with Crippen molar-refractivity contribution in [3.05, 3.63) is 35.5 Å². The number of benzene rings is 1. The van der Waals surface area contributed by atoms with Crippen LogP contribution in [0, 0.1) is 0 Å². The van der Waals surface area contributed by atoms with Gasteiger partial charge in [0.05, 0.1) is 19.4 Å². The molecule has 1 aromatic carbocycles. The molecule has 0 aliphatic carbocycles. The van der Waals surface area contributed by atoms with Crippen LogP contribution in [0.4, 0.5) is 5.69 Å². The Morgan fingerprint density at radius 3 is 2.46 bits per heavy atom. The van der Waals surface area contributed by atoms with Crippen LogP contribution in [0.5, 0.6) is 5.75 Å². The molecular weight excluding hydrogens is 334 g/mol. The maximum atomic E-state index is 12.6. The van der Waals surface area contributed by atoms with Crippen LogP contribution in [0.15, 0.2) is 29.3 Å². The number of H-pyrrole nitrogens is 1. The number of anilines is 1. The molecule has 0 fully saturated rings. The molecule has 0 saturated heterocycles. The van der Waals surface area contributed by atoms with Gasteiger partial charge in [-0.3, -0.25) is 9.82 Å². The highest BCUT2D eigenvalue weighted by Crippen LogP contribution is 2.23. The van der Waals surface area contributed by atoms with Crippen molar-refractivity contribution >= 4 is 21.7 Å². The molecule has 8 nitrogen and oxygen atoms in total. The minimum Gasteiger partial charge on any atom is -0.494 e. The van der Waals surface area contributed by atoms with Crippen LogP contribution in [0.2, 0.25) is 0 Å². The monoisotopic (exact) mass is 353 g/mol. The SMILES string of the molecule is CCOc1ccc(NS(=O)(=O)c2n[nH]c(CC)c2C(=O)OC)cc1. The lowest BCUT2D eigenvalue weighted by atomic mass is 10.2. The van der Waals surface area contributed by atoms with Crippen LogP contribution in [-0.2, 0) is 21.2 Å². The number of nitrogens with one attached hydrogen (secondary N) is 2. The van der Waals surface area contributed by atoms with Gasteiger partial charge in [0.25, 0.3) is 10.0 Å². The molecule has 2 aromatic rings. The maximum absolute atomic E-state index is 12.6. The van der Waals surface area contributed by atoms with E-state index in [0.29, 0.717) is 30.2 Å². The minimum absolute atomic E-state index is 0.0848. The van der Waals surface area contributed by atoms with Crippen molar-refractivity contribution < 1.29 is 22.7 Å². The van der Waals surface area contributed by atoms with Crippen LogP contribution in [0.3, 0.4) is 0 Å². The Bertz CT molecular complexity index is 812. The lowest BCUT2D eigenvalue weighted by Crippen LogP contribution is -2.17. The van der Waals surface area contributed by atoms with Crippen LogP contribution < -0.4 is 9.46 Å². The maximum Gasteiger partial charge on any atom is 0.342 e. The quantitative estimate of drug-likeness (QED) is 0.736. The summed E-state index contributed by atoms with van der Waals surface area (Å²) in [4.78, 5) is 11.9. The van der Waals surface area contributed by atoms with Gasteiger partial charge >= 0.3 is 5.97 Å². The standard InChI is InChI=1S/C15H19N3O5S/c1-4-12-13(15(19)22-3)14(17-16-12)24(20,21)18-10-6-8-11(9-7-10)23-5-2/h6-9,18H,4-5H2,1-3H3,(H,16,17). The topological polar surface area (TPSA) is 110 Å². The zero-order valence-electron chi connectivity index (χ0n) is 13.6. The first-order valence-corrected chi connectivity index (χ1v) is 8.82. The van der Waals surface area contributed by atoms with Gasteiger partial charge in [0.2, 0.25) is 5.03 Å². The Morgan fingerprint density at radius 1 is 1.25 bits per heavy atom. The number of carbonyl (C=O) groups excluding carboxylic acids is 1. The summed E-state index contributed by atoms with van der Waals surface area (Å²) >= 11 is 0.